The first kappa shape index (κ1) is 19.0. The number of hydrogen-bond acceptors (Lipinski definition) is 1. The topological polar surface area (TPSA) is 9.23 Å². The number of unbranched alkanes of at least 4 members (excludes halogenated alkanes) is 2. The van der Waals surface area contributed by atoms with E-state index < -0.39 is 0 Å². The molecule has 0 heterocycles. The molecule has 0 aliphatic heterocycles. The zero-order valence-electron chi connectivity index (χ0n) is 15.8. The molecule has 0 spiro atoms. The third-order valence-corrected chi connectivity index (χ3v) is 6.31. The van der Waals surface area contributed by atoms with E-state index in [1.807, 2.05) is 0 Å². The third-order valence-electron chi connectivity index (χ3n) is 6.31. The molecule has 0 bridgehead atoms. The van der Waals surface area contributed by atoms with Crippen LogP contribution in [0.25, 0.3) is 0 Å². The molecule has 0 aromatic rings. The predicted octanol–water partition coefficient (Wildman–Crippen LogP) is 6.91. The van der Waals surface area contributed by atoms with Gasteiger partial charge in [0.15, 0.2) is 0 Å². The molecule has 2 rings (SSSR count). The van der Waals surface area contributed by atoms with Gasteiger partial charge >= 0.3 is 0 Å². The fraction of sp³-hybridized carbons (Fsp3) is 0.909. The second-order valence-corrected chi connectivity index (χ2v) is 8.09. The second kappa shape index (κ2) is 11.3. The van der Waals surface area contributed by atoms with Gasteiger partial charge in [-0.15, -0.1) is 0 Å². The van der Waals surface area contributed by atoms with E-state index in [-0.39, 0.29) is 0 Å². The van der Waals surface area contributed by atoms with Gasteiger partial charge in [0.2, 0.25) is 0 Å². The zero-order chi connectivity index (χ0) is 16.3. The van der Waals surface area contributed by atoms with E-state index in [0.29, 0.717) is 6.10 Å². The van der Waals surface area contributed by atoms with Crippen LogP contribution in [-0.2, 0) is 4.74 Å². The summed E-state index contributed by atoms with van der Waals surface area (Å²) in [6.07, 6.45) is 23.4. The molecule has 2 saturated carbocycles. The molecular formula is C22H40O. The molecule has 2 fully saturated rings. The molecule has 0 N–H and O–H groups in total. The molecule has 0 atom stereocenters. The average Bonchev–Trinajstić information content (AvgIpc) is 2.61. The van der Waals surface area contributed by atoms with Crippen LogP contribution in [0.15, 0.2) is 12.2 Å². The van der Waals surface area contributed by atoms with Crippen LogP contribution in [0.2, 0.25) is 0 Å². The molecule has 1 heteroatoms. The summed E-state index contributed by atoms with van der Waals surface area (Å²) in [7, 11) is 0. The maximum Gasteiger partial charge on any atom is 0.0651 e. The minimum absolute atomic E-state index is 0.540. The van der Waals surface area contributed by atoms with Crippen LogP contribution < -0.4 is 0 Å². The van der Waals surface area contributed by atoms with E-state index >= 15 is 0 Å². The number of allylic oxidation sites excluding steroid dienone is 1. The van der Waals surface area contributed by atoms with E-state index in [9.17, 15) is 0 Å². The molecule has 2 aliphatic rings. The highest BCUT2D eigenvalue weighted by Gasteiger charge is 2.21. The van der Waals surface area contributed by atoms with Gasteiger partial charge in [0.1, 0.15) is 0 Å². The molecule has 134 valence electrons. The normalized spacial score (nSPS) is 32.4. The summed E-state index contributed by atoms with van der Waals surface area (Å²) >= 11 is 0. The Morgan fingerprint density at radius 3 is 2.17 bits per heavy atom. The lowest BCUT2D eigenvalue weighted by molar-refractivity contribution is 0.0331. The largest absolute Gasteiger partial charge is 0.374 e. The minimum atomic E-state index is 0.540. The Hall–Kier alpha value is -0.300. The first-order chi connectivity index (χ1) is 11.3. The standard InChI is InChI=1S/C22H40O/c1-3-5-6-8-20-14-16-22(17-15-20)23-18-7-9-21-12-10-19(4-2)11-13-21/h7,9,19-22H,3-6,8,10-18H2,1-2H3. The molecule has 2 aliphatic carbocycles. The van der Waals surface area contributed by atoms with Crippen molar-refractivity contribution in [3.05, 3.63) is 12.2 Å². The Morgan fingerprint density at radius 2 is 1.52 bits per heavy atom. The first-order valence-electron chi connectivity index (χ1n) is 10.6. The van der Waals surface area contributed by atoms with Gasteiger partial charge in [-0.1, -0.05) is 58.1 Å². The van der Waals surface area contributed by atoms with Crippen molar-refractivity contribution in [2.24, 2.45) is 17.8 Å². The smallest absolute Gasteiger partial charge is 0.0651 e. The van der Waals surface area contributed by atoms with Crippen LogP contribution >= 0.6 is 0 Å². The molecule has 0 aromatic heterocycles. The van der Waals surface area contributed by atoms with Crippen molar-refractivity contribution in [1.82, 2.24) is 0 Å². The second-order valence-electron chi connectivity index (χ2n) is 8.09. The predicted molar refractivity (Wildman–Crippen MR) is 101 cm³/mol. The van der Waals surface area contributed by atoms with E-state index in [1.54, 1.807) is 0 Å². The average molecular weight is 321 g/mol. The first-order valence-corrected chi connectivity index (χ1v) is 10.6. The lowest BCUT2D eigenvalue weighted by Gasteiger charge is -2.28. The van der Waals surface area contributed by atoms with Crippen molar-refractivity contribution >= 4 is 0 Å². The summed E-state index contributed by atoms with van der Waals surface area (Å²) in [6, 6.07) is 0. The lowest BCUT2D eigenvalue weighted by Crippen LogP contribution is -2.21. The molecule has 1 nitrogen and oxygen atoms in total. The quantitative estimate of drug-likeness (QED) is 0.331. The Bertz CT molecular complexity index is 306. The van der Waals surface area contributed by atoms with Crippen molar-refractivity contribution in [1.29, 1.82) is 0 Å². The minimum Gasteiger partial charge on any atom is -0.374 e. The van der Waals surface area contributed by atoms with Crippen molar-refractivity contribution in [3.63, 3.8) is 0 Å². The van der Waals surface area contributed by atoms with E-state index in [4.69, 9.17) is 4.74 Å². The van der Waals surface area contributed by atoms with Crippen LogP contribution in [0.5, 0.6) is 0 Å². The van der Waals surface area contributed by atoms with Gasteiger partial charge in [0, 0.05) is 0 Å². The molecule has 0 saturated heterocycles. The van der Waals surface area contributed by atoms with E-state index in [0.717, 1.165) is 24.4 Å². The van der Waals surface area contributed by atoms with Crippen molar-refractivity contribution < 1.29 is 4.74 Å². The molecule has 0 radical (unpaired) electrons. The van der Waals surface area contributed by atoms with Gasteiger partial charge in [-0.25, -0.2) is 0 Å². The van der Waals surface area contributed by atoms with Crippen LogP contribution in [0, 0.1) is 17.8 Å². The third kappa shape index (κ3) is 7.42. The van der Waals surface area contributed by atoms with Gasteiger partial charge in [0.25, 0.3) is 0 Å². The Kier molecular flexibility index (Phi) is 9.34. The SMILES string of the molecule is CCCCCC1CCC(OCC=CC2CCC(CC)CC2)CC1. The number of rotatable bonds is 9. The van der Waals surface area contributed by atoms with E-state index in [1.165, 1.54) is 83.5 Å². The van der Waals surface area contributed by atoms with Gasteiger partial charge in [-0.3, -0.25) is 0 Å². The summed E-state index contributed by atoms with van der Waals surface area (Å²) in [5, 5.41) is 0. The maximum absolute atomic E-state index is 6.10. The molecular weight excluding hydrogens is 280 g/mol. The Labute approximate surface area is 145 Å². The summed E-state index contributed by atoms with van der Waals surface area (Å²) < 4.78 is 6.10. The summed E-state index contributed by atoms with van der Waals surface area (Å²) in [4.78, 5) is 0. The van der Waals surface area contributed by atoms with Gasteiger partial charge < -0.3 is 4.74 Å². The summed E-state index contributed by atoms with van der Waals surface area (Å²) in [6.45, 7) is 5.49. The number of ether oxygens (including phenoxy) is 1. The molecule has 0 unspecified atom stereocenters. The molecule has 0 aromatic carbocycles. The fourth-order valence-electron chi connectivity index (χ4n) is 4.50. The summed E-state index contributed by atoms with van der Waals surface area (Å²) in [5.41, 5.74) is 0. The fourth-order valence-corrected chi connectivity index (χ4v) is 4.50. The van der Waals surface area contributed by atoms with Crippen LogP contribution in [0.1, 0.15) is 97.3 Å². The van der Waals surface area contributed by atoms with Gasteiger partial charge in [-0.2, -0.15) is 0 Å². The van der Waals surface area contributed by atoms with Gasteiger partial charge in [0.05, 0.1) is 12.7 Å². The number of hydrogen-bond donors (Lipinski definition) is 0. The van der Waals surface area contributed by atoms with Crippen LogP contribution in [0.3, 0.4) is 0 Å². The Balaban J connectivity index is 1.51. The van der Waals surface area contributed by atoms with Crippen molar-refractivity contribution in [2.75, 3.05) is 6.61 Å². The van der Waals surface area contributed by atoms with Gasteiger partial charge in [-0.05, 0) is 69.1 Å². The Morgan fingerprint density at radius 1 is 0.826 bits per heavy atom. The highest BCUT2D eigenvalue weighted by atomic mass is 16.5. The molecule has 23 heavy (non-hydrogen) atoms. The van der Waals surface area contributed by atoms with Crippen molar-refractivity contribution in [3.8, 4) is 0 Å². The highest BCUT2D eigenvalue weighted by molar-refractivity contribution is 4.91. The zero-order valence-corrected chi connectivity index (χ0v) is 15.8. The monoisotopic (exact) mass is 320 g/mol. The maximum atomic E-state index is 6.10. The van der Waals surface area contributed by atoms with Crippen LogP contribution in [-0.4, -0.2) is 12.7 Å². The highest BCUT2D eigenvalue weighted by Crippen LogP contribution is 2.32. The van der Waals surface area contributed by atoms with Crippen molar-refractivity contribution in [2.45, 2.75) is 103 Å². The van der Waals surface area contributed by atoms with E-state index in [2.05, 4.69) is 26.0 Å². The molecule has 0 amide bonds. The summed E-state index contributed by atoms with van der Waals surface area (Å²) in [5.74, 6) is 2.82. The van der Waals surface area contributed by atoms with Crippen LogP contribution in [0.4, 0.5) is 0 Å². The lowest BCUT2D eigenvalue weighted by atomic mass is 9.81.